The topological polar surface area (TPSA) is 54.4 Å². The molecule has 1 aromatic heterocycles. The number of benzene rings is 1. The van der Waals surface area contributed by atoms with Gasteiger partial charge in [-0.25, -0.2) is 5.43 Å². The van der Waals surface area contributed by atoms with Crippen LogP contribution < -0.4 is 5.43 Å². The van der Waals surface area contributed by atoms with E-state index in [1.54, 1.807) is 49.6 Å². The molecule has 1 heterocycles. The smallest absolute Gasteiger partial charge is 0.267 e. The van der Waals surface area contributed by atoms with Crippen molar-refractivity contribution in [1.82, 2.24) is 10.4 Å². The summed E-state index contributed by atoms with van der Waals surface area (Å²) in [6.45, 7) is 1.74. The van der Waals surface area contributed by atoms with E-state index in [1.807, 2.05) is 0 Å². The number of amides is 1. The first kappa shape index (κ1) is 14.5. The summed E-state index contributed by atoms with van der Waals surface area (Å²) in [7, 11) is 0. The zero-order valence-corrected chi connectivity index (χ0v) is 12.1. The van der Waals surface area contributed by atoms with Crippen molar-refractivity contribution in [3.63, 3.8) is 0 Å². The molecule has 0 saturated carbocycles. The number of carbonyl (C=O) groups excluding carboxylic acids is 1. The summed E-state index contributed by atoms with van der Waals surface area (Å²) in [5.74, 6) is -0.315. The van der Waals surface area contributed by atoms with Gasteiger partial charge in [0.15, 0.2) is 0 Å². The molecule has 0 aliphatic heterocycles. The Kier molecular flexibility index (Phi) is 4.71. The summed E-state index contributed by atoms with van der Waals surface area (Å²) in [5, 5.41) is 5.10. The number of pyridine rings is 1. The number of nitrogens with one attached hydrogen (secondary N) is 1. The SMILES string of the molecule is C/C(=N\NC(=O)c1ccncc1)c1cc(Cl)ccc1Cl. The second-order valence-electron chi connectivity index (χ2n) is 4.00. The van der Waals surface area contributed by atoms with E-state index in [4.69, 9.17) is 23.2 Å². The van der Waals surface area contributed by atoms with E-state index in [9.17, 15) is 4.79 Å². The molecule has 0 aliphatic carbocycles. The third-order valence-corrected chi connectivity index (χ3v) is 3.15. The molecule has 0 saturated heterocycles. The molecule has 0 bridgehead atoms. The molecular formula is C14H11Cl2N3O. The summed E-state index contributed by atoms with van der Waals surface area (Å²) in [6, 6.07) is 8.28. The average molecular weight is 308 g/mol. The van der Waals surface area contributed by atoms with Gasteiger partial charge in [-0.3, -0.25) is 9.78 Å². The third-order valence-electron chi connectivity index (χ3n) is 2.59. The number of hydrazone groups is 1. The quantitative estimate of drug-likeness (QED) is 0.696. The first-order chi connectivity index (χ1) is 9.58. The van der Waals surface area contributed by atoms with Crippen LogP contribution in [0.4, 0.5) is 0 Å². The van der Waals surface area contributed by atoms with Crippen molar-refractivity contribution in [2.45, 2.75) is 6.92 Å². The summed E-state index contributed by atoms with van der Waals surface area (Å²) >= 11 is 12.0. The molecule has 0 fully saturated rings. The van der Waals surface area contributed by atoms with E-state index >= 15 is 0 Å². The fourth-order valence-corrected chi connectivity index (χ4v) is 1.96. The highest BCUT2D eigenvalue weighted by atomic mass is 35.5. The van der Waals surface area contributed by atoms with Gasteiger partial charge in [0.2, 0.25) is 0 Å². The highest BCUT2D eigenvalue weighted by molar-refractivity contribution is 6.36. The normalized spacial score (nSPS) is 11.2. The van der Waals surface area contributed by atoms with Crippen molar-refractivity contribution >= 4 is 34.8 Å². The minimum Gasteiger partial charge on any atom is -0.267 e. The third kappa shape index (κ3) is 3.56. The minimum absolute atomic E-state index is 0.315. The number of halogens is 2. The molecular weight excluding hydrogens is 297 g/mol. The van der Waals surface area contributed by atoms with Crippen molar-refractivity contribution in [2.24, 2.45) is 5.10 Å². The maximum absolute atomic E-state index is 11.8. The van der Waals surface area contributed by atoms with E-state index in [0.29, 0.717) is 26.9 Å². The van der Waals surface area contributed by atoms with Crippen LogP contribution in [0.1, 0.15) is 22.8 Å². The summed E-state index contributed by atoms with van der Waals surface area (Å²) in [6.07, 6.45) is 3.08. The Morgan fingerprint density at radius 2 is 1.90 bits per heavy atom. The van der Waals surface area contributed by atoms with Gasteiger partial charge in [0, 0.05) is 33.6 Å². The number of aromatic nitrogens is 1. The second kappa shape index (κ2) is 6.50. The zero-order valence-electron chi connectivity index (χ0n) is 10.6. The Labute approximate surface area is 126 Å². The Balaban J connectivity index is 2.15. The van der Waals surface area contributed by atoms with Gasteiger partial charge in [0.05, 0.1) is 5.71 Å². The van der Waals surface area contributed by atoms with Crippen molar-refractivity contribution < 1.29 is 4.79 Å². The zero-order chi connectivity index (χ0) is 14.5. The van der Waals surface area contributed by atoms with Crippen molar-refractivity contribution in [1.29, 1.82) is 0 Å². The monoisotopic (exact) mass is 307 g/mol. The van der Waals surface area contributed by atoms with Gasteiger partial charge in [-0.1, -0.05) is 23.2 Å². The lowest BCUT2D eigenvalue weighted by Gasteiger charge is -2.05. The lowest BCUT2D eigenvalue weighted by Crippen LogP contribution is -2.19. The molecule has 2 aromatic rings. The van der Waals surface area contributed by atoms with Gasteiger partial charge in [-0.05, 0) is 37.3 Å². The van der Waals surface area contributed by atoms with E-state index in [1.165, 1.54) is 0 Å². The number of carbonyl (C=O) groups is 1. The molecule has 102 valence electrons. The summed E-state index contributed by atoms with van der Waals surface area (Å²) < 4.78 is 0. The molecule has 0 aliphatic rings. The molecule has 20 heavy (non-hydrogen) atoms. The van der Waals surface area contributed by atoms with Gasteiger partial charge in [-0.2, -0.15) is 5.10 Å². The molecule has 0 radical (unpaired) electrons. The Morgan fingerprint density at radius 3 is 2.60 bits per heavy atom. The highest BCUT2D eigenvalue weighted by Crippen LogP contribution is 2.21. The van der Waals surface area contributed by atoms with Crippen molar-refractivity contribution in [2.75, 3.05) is 0 Å². The maximum atomic E-state index is 11.8. The van der Waals surface area contributed by atoms with E-state index in [-0.39, 0.29) is 5.91 Å². The van der Waals surface area contributed by atoms with Crippen LogP contribution >= 0.6 is 23.2 Å². The Hall–Kier alpha value is -1.91. The Bertz CT molecular complexity index is 657. The van der Waals surface area contributed by atoms with Gasteiger partial charge >= 0.3 is 0 Å². The van der Waals surface area contributed by atoms with Gasteiger partial charge in [0.25, 0.3) is 5.91 Å². The van der Waals surface area contributed by atoms with E-state index < -0.39 is 0 Å². The van der Waals surface area contributed by atoms with Crippen LogP contribution in [0.25, 0.3) is 0 Å². The van der Waals surface area contributed by atoms with Gasteiger partial charge in [0.1, 0.15) is 0 Å². The van der Waals surface area contributed by atoms with Crippen LogP contribution in [0.3, 0.4) is 0 Å². The van der Waals surface area contributed by atoms with Crippen molar-refractivity contribution in [3.8, 4) is 0 Å². The average Bonchev–Trinajstić information content (AvgIpc) is 2.47. The number of nitrogens with zero attached hydrogens (tertiary/aromatic N) is 2. The largest absolute Gasteiger partial charge is 0.271 e. The van der Waals surface area contributed by atoms with Crippen LogP contribution in [0.5, 0.6) is 0 Å². The molecule has 0 spiro atoms. The van der Waals surface area contributed by atoms with E-state index in [2.05, 4.69) is 15.5 Å². The van der Waals surface area contributed by atoms with Gasteiger partial charge < -0.3 is 0 Å². The van der Waals surface area contributed by atoms with Crippen LogP contribution in [0.2, 0.25) is 10.0 Å². The standard InChI is InChI=1S/C14H11Cl2N3O/c1-9(12-8-11(15)2-3-13(12)16)18-19-14(20)10-4-6-17-7-5-10/h2-8H,1H3,(H,19,20)/b18-9+. The van der Waals surface area contributed by atoms with Crippen LogP contribution in [-0.4, -0.2) is 16.6 Å². The van der Waals surface area contributed by atoms with Crippen LogP contribution in [0.15, 0.2) is 47.8 Å². The molecule has 6 heteroatoms. The summed E-state index contributed by atoms with van der Waals surface area (Å²) in [4.78, 5) is 15.7. The highest BCUT2D eigenvalue weighted by Gasteiger charge is 2.07. The maximum Gasteiger partial charge on any atom is 0.271 e. The fourth-order valence-electron chi connectivity index (χ4n) is 1.54. The number of rotatable bonds is 3. The Morgan fingerprint density at radius 1 is 1.20 bits per heavy atom. The number of hydrogen-bond acceptors (Lipinski definition) is 3. The lowest BCUT2D eigenvalue weighted by atomic mass is 10.1. The van der Waals surface area contributed by atoms with Crippen LogP contribution in [0, 0.1) is 0 Å². The molecule has 1 amide bonds. The molecule has 0 unspecified atom stereocenters. The fraction of sp³-hybridized carbons (Fsp3) is 0.0714. The number of hydrogen-bond donors (Lipinski definition) is 1. The predicted molar refractivity (Wildman–Crippen MR) is 80.4 cm³/mol. The van der Waals surface area contributed by atoms with Crippen molar-refractivity contribution in [3.05, 3.63) is 63.9 Å². The van der Waals surface area contributed by atoms with Crippen LogP contribution in [-0.2, 0) is 0 Å². The second-order valence-corrected chi connectivity index (χ2v) is 4.84. The first-order valence-corrected chi connectivity index (χ1v) is 6.53. The molecule has 0 atom stereocenters. The molecule has 2 rings (SSSR count). The van der Waals surface area contributed by atoms with E-state index in [0.717, 1.165) is 0 Å². The summed E-state index contributed by atoms with van der Waals surface area (Å²) in [5.41, 5.74) is 4.19. The molecule has 4 nitrogen and oxygen atoms in total. The lowest BCUT2D eigenvalue weighted by molar-refractivity contribution is 0.0954. The van der Waals surface area contributed by atoms with Gasteiger partial charge in [-0.15, -0.1) is 0 Å². The minimum atomic E-state index is -0.315. The molecule has 1 N–H and O–H groups in total. The predicted octanol–water partition coefficient (Wildman–Crippen LogP) is 3.54. The first-order valence-electron chi connectivity index (χ1n) is 5.78. The molecule has 1 aromatic carbocycles.